The molecule has 0 N–H and O–H groups in total. The lowest BCUT2D eigenvalue weighted by molar-refractivity contribution is -0.151. The SMILES string of the molecule is COc1ccc(CC(=O)O[C@@H]2CCCC[C@H]2C#N)cc1OC. The summed E-state index contributed by atoms with van der Waals surface area (Å²) in [5.41, 5.74) is 0.798. The van der Waals surface area contributed by atoms with Gasteiger partial charge in [-0.1, -0.05) is 12.5 Å². The number of esters is 1. The molecule has 0 aromatic heterocycles. The summed E-state index contributed by atoms with van der Waals surface area (Å²) in [4.78, 5) is 12.1. The molecule has 1 fully saturated rings. The summed E-state index contributed by atoms with van der Waals surface area (Å²) >= 11 is 0. The van der Waals surface area contributed by atoms with Crippen LogP contribution in [0.15, 0.2) is 18.2 Å². The summed E-state index contributed by atoms with van der Waals surface area (Å²) in [5, 5.41) is 9.12. The van der Waals surface area contributed by atoms with Crippen LogP contribution in [-0.4, -0.2) is 26.3 Å². The number of benzene rings is 1. The minimum Gasteiger partial charge on any atom is -0.493 e. The average molecular weight is 303 g/mol. The van der Waals surface area contributed by atoms with Crippen molar-refractivity contribution in [1.29, 1.82) is 5.26 Å². The molecule has 0 unspecified atom stereocenters. The minimum absolute atomic E-state index is 0.162. The number of carbonyl (C=O) groups excluding carboxylic acids is 1. The lowest BCUT2D eigenvalue weighted by Gasteiger charge is -2.26. The molecule has 0 radical (unpaired) electrons. The van der Waals surface area contributed by atoms with Crippen LogP contribution in [0.3, 0.4) is 0 Å². The Labute approximate surface area is 130 Å². The number of carbonyl (C=O) groups is 1. The highest BCUT2D eigenvalue weighted by Gasteiger charge is 2.28. The Bertz CT molecular complexity index is 564. The van der Waals surface area contributed by atoms with Crippen molar-refractivity contribution >= 4 is 5.97 Å². The molecule has 22 heavy (non-hydrogen) atoms. The molecule has 5 heteroatoms. The normalized spacial score (nSPS) is 20.8. The van der Waals surface area contributed by atoms with Gasteiger partial charge in [0.1, 0.15) is 6.10 Å². The first-order valence-corrected chi connectivity index (χ1v) is 7.48. The van der Waals surface area contributed by atoms with Gasteiger partial charge in [0.25, 0.3) is 0 Å². The number of rotatable bonds is 5. The summed E-state index contributed by atoms with van der Waals surface area (Å²) in [5.74, 6) is 0.722. The van der Waals surface area contributed by atoms with Crippen molar-refractivity contribution in [3.05, 3.63) is 23.8 Å². The number of methoxy groups -OCH3 is 2. The number of ether oxygens (including phenoxy) is 3. The maximum atomic E-state index is 12.1. The summed E-state index contributed by atoms with van der Waals surface area (Å²) in [6.45, 7) is 0. The van der Waals surface area contributed by atoms with Crippen LogP contribution in [0.2, 0.25) is 0 Å². The molecule has 2 atom stereocenters. The fraction of sp³-hybridized carbons (Fsp3) is 0.529. The van der Waals surface area contributed by atoms with Gasteiger partial charge in [0.15, 0.2) is 11.5 Å². The van der Waals surface area contributed by atoms with Gasteiger partial charge in [-0.3, -0.25) is 4.79 Å². The van der Waals surface area contributed by atoms with E-state index in [4.69, 9.17) is 19.5 Å². The Kier molecular flexibility index (Phi) is 5.65. The third-order valence-corrected chi connectivity index (χ3v) is 3.95. The maximum absolute atomic E-state index is 12.1. The van der Waals surface area contributed by atoms with E-state index in [9.17, 15) is 4.79 Å². The first kappa shape index (κ1) is 16.2. The highest BCUT2D eigenvalue weighted by Crippen LogP contribution is 2.29. The van der Waals surface area contributed by atoms with Crippen LogP contribution >= 0.6 is 0 Å². The second-order valence-corrected chi connectivity index (χ2v) is 5.41. The van der Waals surface area contributed by atoms with Crippen molar-refractivity contribution < 1.29 is 19.0 Å². The van der Waals surface area contributed by atoms with Crippen LogP contribution in [0.25, 0.3) is 0 Å². The van der Waals surface area contributed by atoms with Gasteiger partial charge in [0.05, 0.1) is 32.6 Å². The number of nitrogens with zero attached hydrogens (tertiary/aromatic N) is 1. The molecular formula is C17H21NO4. The Morgan fingerprint density at radius 1 is 1.23 bits per heavy atom. The molecule has 1 aliphatic rings. The van der Waals surface area contributed by atoms with Crippen LogP contribution in [-0.2, 0) is 16.0 Å². The Hall–Kier alpha value is -2.22. The van der Waals surface area contributed by atoms with Gasteiger partial charge in [-0.05, 0) is 37.0 Å². The summed E-state index contributed by atoms with van der Waals surface area (Å²) in [6, 6.07) is 7.58. The molecule has 0 aliphatic heterocycles. The molecule has 0 saturated heterocycles. The molecule has 0 heterocycles. The van der Waals surface area contributed by atoms with E-state index in [1.54, 1.807) is 26.4 Å². The maximum Gasteiger partial charge on any atom is 0.310 e. The van der Waals surface area contributed by atoms with E-state index in [-0.39, 0.29) is 24.4 Å². The zero-order chi connectivity index (χ0) is 15.9. The molecule has 118 valence electrons. The van der Waals surface area contributed by atoms with Crippen LogP contribution in [0, 0.1) is 17.2 Å². The van der Waals surface area contributed by atoms with Gasteiger partial charge in [-0.2, -0.15) is 5.26 Å². The minimum atomic E-state index is -0.306. The highest BCUT2D eigenvalue weighted by atomic mass is 16.5. The zero-order valence-electron chi connectivity index (χ0n) is 13.0. The highest BCUT2D eigenvalue weighted by molar-refractivity contribution is 5.73. The molecular weight excluding hydrogens is 282 g/mol. The van der Waals surface area contributed by atoms with Gasteiger partial charge in [-0.25, -0.2) is 0 Å². The van der Waals surface area contributed by atoms with Gasteiger partial charge in [0.2, 0.25) is 0 Å². The Morgan fingerprint density at radius 2 is 1.95 bits per heavy atom. The topological polar surface area (TPSA) is 68.5 Å². The van der Waals surface area contributed by atoms with Crippen LogP contribution in [0.4, 0.5) is 0 Å². The molecule has 0 bridgehead atoms. The van der Waals surface area contributed by atoms with E-state index < -0.39 is 0 Å². The molecule has 0 amide bonds. The van der Waals surface area contributed by atoms with Crippen LogP contribution in [0.1, 0.15) is 31.2 Å². The van der Waals surface area contributed by atoms with Crippen LogP contribution in [0.5, 0.6) is 11.5 Å². The molecule has 0 spiro atoms. The summed E-state index contributed by atoms with van der Waals surface area (Å²) < 4.78 is 15.9. The monoisotopic (exact) mass is 303 g/mol. The number of hydrogen-bond acceptors (Lipinski definition) is 5. The molecule has 1 aromatic rings. The molecule has 5 nitrogen and oxygen atoms in total. The van der Waals surface area contributed by atoms with E-state index >= 15 is 0 Å². The Balaban J connectivity index is 1.98. The number of nitriles is 1. The second-order valence-electron chi connectivity index (χ2n) is 5.41. The first-order valence-electron chi connectivity index (χ1n) is 7.48. The van der Waals surface area contributed by atoms with E-state index in [0.717, 1.165) is 31.2 Å². The van der Waals surface area contributed by atoms with Crippen molar-refractivity contribution in [2.75, 3.05) is 14.2 Å². The fourth-order valence-corrected chi connectivity index (χ4v) is 2.75. The molecule has 1 aliphatic carbocycles. The van der Waals surface area contributed by atoms with Gasteiger partial charge >= 0.3 is 5.97 Å². The first-order chi connectivity index (χ1) is 10.7. The largest absolute Gasteiger partial charge is 0.493 e. The third kappa shape index (κ3) is 3.91. The third-order valence-electron chi connectivity index (χ3n) is 3.95. The van der Waals surface area contributed by atoms with Crippen molar-refractivity contribution in [3.8, 4) is 17.6 Å². The summed E-state index contributed by atoms with van der Waals surface area (Å²) in [7, 11) is 3.12. The lowest BCUT2D eigenvalue weighted by Crippen LogP contribution is -2.29. The van der Waals surface area contributed by atoms with Gasteiger partial charge in [0, 0.05) is 0 Å². The van der Waals surface area contributed by atoms with Crippen molar-refractivity contribution in [2.45, 2.75) is 38.2 Å². The quantitative estimate of drug-likeness (QED) is 0.782. The van der Waals surface area contributed by atoms with E-state index in [1.165, 1.54) is 0 Å². The Morgan fingerprint density at radius 3 is 2.64 bits per heavy atom. The molecule has 2 rings (SSSR count). The average Bonchev–Trinajstić information content (AvgIpc) is 2.55. The van der Waals surface area contributed by atoms with Crippen LogP contribution < -0.4 is 9.47 Å². The predicted octanol–water partition coefficient (Wildman–Crippen LogP) is 2.87. The molecule has 1 aromatic carbocycles. The van der Waals surface area contributed by atoms with Crippen molar-refractivity contribution in [1.82, 2.24) is 0 Å². The smallest absolute Gasteiger partial charge is 0.310 e. The standard InChI is InChI=1S/C17H21NO4/c1-20-15-8-7-12(9-16(15)21-2)10-17(19)22-14-6-4-3-5-13(14)11-18/h7-9,13-14H,3-6,10H2,1-2H3/t13-,14+/m0/s1. The van der Waals surface area contributed by atoms with E-state index in [2.05, 4.69) is 6.07 Å². The number of hydrogen-bond donors (Lipinski definition) is 0. The lowest BCUT2D eigenvalue weighted by atomic mass is 9.87. The van der Waals surface area contributed by atoms with E-state index in [0.29, 0.717) is 11.5 Å². The molecule has 1 saturated carbocycles. The van der Waals surface area contributed by atoms with Gasteiger partial charge < -0.3 is 14.2 Å². The van der Waals surface area contributed by atoms with E-state index in [1.807, 2.05) is 6.07 Å². The fourth-order valence-electron chi connectivity index (χ4n) is 2.75. The van der Waals surface area contributed by atoms with Gasteiger partial charge in [-0.15, -0.1) is 0 Å². The second kappa shape index (κ2) is 7.69. The van der Waals surface area contributed by atoms with Crippen molar-refractivity contribution in [2.24, 2.45) is 5.92 Å². The predicted molar refractivity (Wildman–Crippen MR) is 80.7 cm³/mol. The van der Waals surface area contributed by atoms with Crippen molar-refractivity contribution in [3.63, 3.8) is 0 Å². The summed E-state index contributed by atoms with van der Waals surface area (Å²) in [6.07, 6.45) is 3.51. The zero-order valence-corrected chi connectivity index (χ0v) is 13.0.